The molecule has 0 radical (unpaired) electrons. The summed E-state index contributed by atoms with van der Waals surface area (Å²) < 4.78 is 13.2. The third-order valence-corrected chi connectivity index (χ3v) is 6.41. The number of benzene rings is 1. The van der Waals surface area contributed by atoms with E-state index in [0.29, 0.717) is 37.2 Å². The molecule has 0 aliphatic carbocycles. The molecule has 37 heavy (non-hydrogen) atoms. The Balaban J connectivity index is 1.57. The summed E-state index contributed by atoms with van der Waals surface area (Å²) in [6.07, 6.45) is 3.54. The van der Waals surface area contributed by atoms with Crippen LogP contribution in [0.15, 0.2) is 60.9 Å². The maximum Gasteiger partial charge on any atom is 0.241 e. The van der Waals surface area contributed by atoms with Gasteiger partial charge in [-0.25, -0.2) is 15.0 Å². The number of hydrogen-bond acceptors (Lipinski definition) is 9. The molecule has 0 bridgehead atoms. The van der Waals surface area contributed by atoms with Crippen LogP contribution in [-0.4, -0.2) is 68.1 Å². The monoisotopic (exact) mass is 494 g/mol. The van der Waals surface area contributed by atoms with Gasteiger partial charge in [-0.3, -0.25) is 4.98 Å². The van der Waals surface area contributed by atoms with Gasteiger partial charge in [-0.05, 0) is 30.7 Å². The highest BCUT2D eigenvalue weighted by Gasteiger charge is 2.24. The van der Waals surface area contributed by atoms with E-state index in [9.17, 15) is 0 Å². The van der Waals surface area contributed by atoms with Crippen molar-refractivity contribution in [2.24, 2.45) is 0 Å². The molecule has 1 saturated heterocycles. The van der Waals surface area contributed by atoms with Crippen LogP contribution in [0, 0.1) is 0 Å². The summed E-state index contributed by atoms with van der Waals surface area (Å²) in [7, 11) is 1.59. The van der Waals surface area contributed by atoms with Crippen molar-refractivity contribution in [2.75, 3.05) is 38.3 Å². The number of nitrogens with zero attached hydrogens (tertiary/aromatic N) is 8. The summed E-state index contributed by atoms with van der Waals surface area (Å²) in [5.41, 5.74) is 4.84. The highest BCUT2D eigenvalue weighted by molar-refractivity contribution is 5.89. The molecule has 1 aliphatic rings. The summed E-state index contributed by atoms with van der Waals surface area (Å²) in [6, 6.07) is 15.8. The second kappa shape index (κ2) is 9.90. The lowest BCUT2D eigenvalue weighted by atomic mass is 10.1. The van der Waals surface area contributed by atoms with Crippen LogP contribution >= 0.6 is 0 Å². The van der Waals surface area contributed by atoms with Crippen molar-refractivity contribution in [3.63, 3.8) is 0 Å². The summed E-state index contributed by atoms with van der Waals surface area (Å²) in [4.78, 5) is 21.4. The maximum absolute atomic E-state index is 5.60. The summed E-state index contributed by atoms with van der Waals surface area (Å²) in [6.45, 7) is 5.48. The van der Waals surface area contributed by atoms with E-state index in [1.54, 1.807) is 19.5 Å². The first-order valence-electron chi connectivity index (χ1n) is 12.3. The molecule has 5 aromatic rings. The fraction of sp³-hybridized carbons (Fsp3) is 0.259. The average molecular weight is 495 g/mol. The molecule has 1 fully saturated rings. The minimum absolute atomic E-state index is 0.447. The van der Waals surface area contributed by atoms with Gasteiger partial charge in [0, 0.05) is 43.2 Å². The van der Waals surface area contributed by atoms with E-state index in [-0.39, 0.29) is 0 Å². The standard InChI is InChI=1S/C27H26N8O2/c1-3-35-24(19-9-11-28-12-10-19)29-22-25(34-13-15-37-16-14-34)30-23(31-26(22)35)21-17-20(27(36-2)33-32-21)18-7-5-4-6-8-18/h4-12,17H,3,13-16H2,1-2H3. The van der Waals surface area contributed by atoms with Crippen LogP contribution in [0.2, 0.25) is 0 Å². The number of hydrogen-bond donors (Lipinski definition) is 0. The number of rotatable bonds is 6. The van der Waals surface area contributed by atoms with Crippen LogP contribution in [0.25, 0.3) is 45.2 Å². The van der Waals surface area contributed by atoms with E-state index < -0.39 is 0 Å². The van der Waals surface area contributed by atoms with Crippen molar-refractivity contribution < 1.29 is 9.47 Å². The van der Waals surface area contributed by atoms with Gasteiger partial charge in [0.05, 0.1) is 20.3 Å². The van der Waals surface area contributed by atoms with E-state index in [4.69, 9.17) is 24.4 Å². The minimum Gasteiger partial charge on any atom is -0.479 e. The van der Waals surface area contributed by atoms with E-state index in [1.165, 1.54) is 0 Å². The molecule has 0 amide bonds. The molecule has 1 aliphatic heterocycles. The molecule has 0 unspecified atom stereocenters. The van der Waals surface area contributed by atoms with Crippen molar-refractivity contribution >= 4 is 17.0 Å². The van der Waals surface area contributed by atoms with Crippen LogP contribution in [0.3, 0.4) is 0 Å². The highest BCUT2D eigenvalue weighted by atomic mass is 16.5. The fourth-order valence-corrected chi connectivity index (χ4v) is 4.58. The first-order chi connectivity index (χ1) is 18.3. The molecule has 0 saturated carbocycles. The SMILES string of the molecule is CCn1c(-c2ccncc2)nc2c(N3CCOCC3)nc(-c3cc(-c4ccccc4)c(OC)nn3)nc21. The Bertz CT molecular complexity index is 1530. The van der Waals surface area contributed by atoms with Gasteiger partial charge < -0.3 is 18.9 Å². The highest BCUT2D eigenvalue weighted by Crippen LogP contribution is 2.34. The third-order valence-electron chi connectivity index (χ3n) is 6.41. The van der Waals surface area contributed by atoms with Crippen molar-refractivity contribution in [1.82, 2.24) is 34.7 Å². The fourth-order valence-electron chi connectivity index (χ4n) is 4.58. The zero-order valence-electron chi connectivity index (χ0n) is 20.7. The van der Waals surface area contributed by atoms with Crippen LogP contribution in [0.5, 0.6) is 5.88 Å². The number of pyridine rings is 1. The molecule has 10 heteroatoms. The molecule has 4 aromatic heterocycles. The van der Waals surface area contributed by atoms with Crippen molar-refractivity contribution in [3.05, 3.63) is 60.9 Å². The Kier molecular flexibility index (Phi) is 6.15. The molecule has 10 nitrogen and oxygen atoms in total. The summed E-state index contributed by atoms with van der Waals surface area (Å²) in [5, 5.41) is 8.79. The number of aryl methyl sites for hydroxylation is 1. The average Bonchev–Trinajstić information content (AvgIpc) is 3.36. The molecular weight excluding hydrogens is 468 g/mol. The zero-order chi connectivity index (χ0) is 25.2. The van der Waals surface area contributed by atoms with Gasteiger partial charge in [0.15, 0.2) is 22.8 Å². The van der Waals surface area contributed by atoms with Crippen LogP contribution in [0.1, 0.15) is 6.92 Å². The number of anilines is 1. The van der Waals surface area contributed by atoms with Crippen LogP contribution in [0.4, 0.5) is 5.82 Å². The van der Waals surface area contributed by atoms with Gasteiger partial charge >= 0.3 is 0 Å². The topological polar surface area (TPSA) is 104 Å². The maximum atomic E-state index is 5.60. The first kappa shape index (κ1) is 23.0. The lowest BCUT2D eigenvalue weighted by Gasteiger charge is -2.28. The van der Waals surface area contributed by atoms with Gasteiger partial charge in [-0.1, -0.05) is 30.3 Å². The Morgan fingerprint density at radius 2 is 1.70 bits per heavy atom. The lowest BCUT2D eigenvalue weighted by Crippen LogP contribution is -2.37. The third kappa shape index (κ3) is 4.25. The van der Waals surface area contributed by atoms with E-state index >= 15 is 0 Å². The largest absolute Gasteiger partial charge is 0.479 e. The predicted octanol–water partition coefficient (Wildman–Crippen LogP) is 3.88. The second-order valence-electron chi connectivity index (χ2n) is 8.58. The number of aromatic nitrogens is 7. The molecule has 5 heterocycles. The van der Waals surface area contributed by atoms with Crippen LogP contribution < -0.4 is 9.64 Å². The van der Waals surface area contributed by atoms with Gasteiger partial charge in [0.2, 0.25) is 5.88 Å². The minimum atomic E-state index is 0.447. The number of morpholine rings is 1. The summed E-state index contributed by atoms with van der Waals surface area (Å²) in [5.74, 6) is 2.52. The van der Waals surface area contributed by atoms with Crippen molar-refractivity contribution in [3.8, 4) is 39.9 Å². The van der Waals surface area contributed by atoms with Gasteiger partial charge in [-0.15, -0.1) is 10.2 Å². The number of imidazole rings is 1. The number of methoxy groups -OCH3 is 1. The second-order valence-corrected chi connectivity index (χ2v) is 8.58. The van der Waals surface area contributed by atoms with Crippen molar-refractivity contribution in [2.45, 2.75) is 13.5 Å². The normalized spacial score (nSPS) is 13.7. The van der Waals surface area contributed by atoms with Crippen LogP contribution in [-0.2, 0) is 11.3 Å². The van der Waals surface area contributed by atoms with Gasteiger partial charge in [-0.2, -0.15) is 0 Å². The zero-order valence-corrected chi connectivity index (χ0v) is 20.7. The molecular formula is C27H26N8O2. The molecule has 1 aromatic carbocycles. The molecule has 0 N–H and O–H groups in total. The first-order valence-corrected chi connectivity index (χ1v) is 12.3. The Morgan fingerprint density at radius 3 is 2.43 bits per heavy atom. The van der Waals surface area contributed by atoms with E-state index in [2.05, 4.69) is 31.6 Å². The van der Waals surface area contributed by atoms with E-state index in [1.807, 2.05) is 48.5 Å². The predicted molar refractivity (Wildman–Crippen MR) is 140 cm³/mol. The Morgan fingerprint density at radius 1 is 0.919 bits per heavy atom. The number of fused-ring (bicyclic) bond motifs is 1. The van der Waals surface area contributed by atoms with Gasteiger partial charge in [0.1, 0.15) is 11.5 Å². The lowest BCUT2D eigenvalue weighted by molar-refractivity contribution is 0.122. The molecule has 186 valence electrons. The smallest absolute Gasteiger partial charge is 0.241 e. The Hall–Kier alpha value is -4.44. The quantitative estimate of drug-likeness (QED) is 0.348. The van der Waals surface area contributed by atoms with E-state index in [0.717, 1.165) is 52.6 Å². The molecule has 0 spiro atoms. The molecule has 6 rings (SSSR count). The van der Waals surface area contributed by atoms with Gasteiger partial charge in [0.25, 0.3) is 0 Å². The summed E-state index contributed by atoms with van der Waals surface area (Å²) >= 11 is 0. The Labute approximate surface area is 214 Å². The van der Waals surface area contributed by atoms with Crippen molar-refractivity contribution in [1.29, 1.82) is 0 Å². The number of ether oxygens (including phenoxy) is 2. The molecule has 0 atom stereocenters.